The number of hydrogen-bond acceptors (Lipinski definition) is 5. The maximum Gasteiger partial charge on any atom is 0.255 e. The van der Waals surface area contributed by atoms with Gasteiger partial charge in [-0.15, -0.1) is 0 Å². The Morgan fingerprint density at radius 3 is 2.60 bits per heavy atom. The molecule has 0 aromatic heterocycles. The predicted octanol–water partition coefficient (Wildman–Crippen LogP) is 5.31. The van der Waals surface area contributed by atoms with Crippen LogP contribution in [0.4, 0.5) is 5.69 Å². The summed E-state index contributed by atoms with van der Waals surface area (Å²) in [5, 5.41) is 2.95. The summed E-state index contributed by atoms with van der Waals surface area (Å²) in [6, 6.07) is 24.9. The number of hydrogen-bond donors (Lipinski definition) is 2. The Balaban J connectivity index is 1.31. The molecule has 0 radical (unpaired) electrons. The molecule has 1 aliphatic heterocycles. The molecule has 0 bridgehead atoms. The molecular formula is C24H23N3O2S. The Hall–Kier alpha value is -3.25. The maximum atomic E-state index is 12.6. The van der Waals surface area contributed by atoms with Gasteiger partial charge >= 0.3 is 0 Å². The molecule has 0 aliphatic carbocycles. The lowest BCUT2D eigenvalue weighted by atomic mass is 10.2. The highest BCUT2D eigenvalue weighted by Crippen LogP contribution is 2.21. The number of aliphatic imine (C=N–C) groups is 1. The molecule has 0 atom stereocenters. The van der Waals surface area contributed by atoms with Gasteiger partial charge in [0, 0.05) is 29.1 Å². The zero-order valence-electron chi connectivity index (χ0n) is 16.5. The van der Waals surface area contributed by atoms with Crippen LogP contribution >= 0.6 is 11.9 Å². The first-order valence-electron chi connectivity index (χ1n) is 9.91. The first-order valence-corrected chi connectivity index (χ1v) is 10.7. The van der Waals surface area contributed by atoms with E-state index >= 15 is 0 Å². The molecule has 2 N–H and O–H groups in total. The van der Waals surface area contributed by atoms with Gasteiger partial charge in [-0.3, -0.25) is 9.79 Å². The summed E-state index contributed by atoms with van der Waals surface area (Å²) >= 11 is 1.51. The molecule has 3 aromatic rings. The van der Waals surface area contributed by atoms with E-state index in [2.05, 4.69) is 15.0 Å². The van der Waals surface area contributed by atoms with Crippen LogP contribution in [-0.4, -0.2) is 18.3 Å². The van der Waals surface area contributed by atoms with E-state index < -0.39 is 0 Å². The number of benzene rings is 3. The highest BCUT2D eigenvalue weighted by atomic mass is 32.2. The number of ether oxygens (including phenoxy) is 1. The lowest BCUT2D eigenvalue weighted by Gasteiger charge is -2.10. The highest BCUT2D eigenvalue weighted by Gasteiger charge is 2.09. The lowest BCUT2D eigenvalue weighted by molar-refractivity contribution is 0.102. The van der Waals surface area contributed by atoms with Crippen molar-refractivity contribution in [1.29, 1.82) is 0 Å². The van der Waals surface area contributed by atoms with Gasteiger partial charge in [-0.25, -0.2) is 0 Å². The zero-order valence-corrected chi connectivity index (χ0v) is 17.3. The second-order valence-corrected chi connectivity index (χ2v) is 7.80. The van der Waals surface area contributed by atoms with Crippen molar-refractivity contribution >= 4 is 29.4 Å². The summed E-state index contributed by atoms with van der Waals surface area (Å²) in [7, 11) is 0. The van der Waals surface area contributed by atoms with Crippen molar-refractivity contribution in [2.75, 3.05) is 11.9 Å². The van der Waals surface area contributed by atoms with Crippen molar-refractivity contribution in [3.05, 3.63) is 90.0 Å². The number of nitrogens with zero attached hydrogens (tertiary/aromatic N) is 1. The molecule has 0 spiro atoms. The second kappa shape index (κ2) is 9.98. The van der Waals surface area contributed by atoms with Crippen molar-refractivity contribution in [1.82, 2.24) is 4.72 Å². The van der Waals surface area contributed by atoms with E-state index in [-0.39, 0.29) is 5.91 Å². The van der Waals surface area contributed by atoms with E-state index in [4.69, 9.17) is 4.74 Å². The maximum absolute atomic E-state index is 12.6. The average molecular weight is 418 g/mol. The molecule has 0 unspecified atom stereocenters. The molecule has 4 rings (SSSR count). The number of rotatable bonds is 7. The van der Waals surface area contributed by atoms with Gasteiger partial charge in [0.25, 0.3) is 5.91 Å². The molecule has 0 saturated heterocycles. The van der Waals surface area contributed by atoms with E-state index in [0.717, 1.165) is 47.1 Å². The third-order valence-corrected chi connectivity index (χ3v) is 5.45. The van der Waals surface area contributed by atoms with Crippen LogP contribution in [0.5, 0.6) is 5.75 Å². The number of amidine groups is 1. The number of carbonyl (C=O) groups excluding carboxylic acids is 1. The molecule has 152 valence electrons. The molecule has 0 fully saturated rings. The van der Waals surface area contributed by atoms with E-state index in [1.54, 1.807) is 12.1 Å². The fourth-order valence-electron chi connectivity index (χ4n) is 3.02. The molecule has 1 aliphatic rings. The smallest absolute Gasteiger partial charge is 0.255 e. The minimum Gasteiger partial charge on any atom is -0.489 e. The van der Waals surface area contributed by atoms with E-state index in [1.807, 2.05) is 66.7 Å². The van der Waals surface area contributed by atoms with Gasteiger partial charge in [0.2, 0.25) is 0 Å². The Bertz CT molecular complexity index is 1020. The molecular weight excluding hydrogens is 394 g/mol. The lowest BCUT2D eigenvalue weighted by Crippen LogP contribution is -2.13. The van der Waals surface area contributed by atoms with Crippen LogP contribution in [0.2, 0.25) is 0 Å². The largest absolute Gasteiger partial charge is 0.489 e. The Morgan fingerprint density at radius 1 is 1.00 bits per heavy atom. The fourth-order valence-corrected chi connectivity index (χ4v) is 3.76. The molecule has 3 aromatic carbocycles. The minimum atomic E-state index is -0.153. The predicted molar refractivity (Wildman–Crippen MR) is 122 cm³/mol. The minimum absolute atomic E-state index is 0.153. The van der Waals surface area contributed by atoms with Crippen molar-refractivity contribution in [2.45, 2.75) is 24.3 Å². The van der Waals surface area contributed by atoms with Crippen LogP contribution in [0.3, 0.4) is 0 Å². The monoisotopic (exact) mass is 417 g/mol. The van der Waals surface area contributed by atoms with Gasteiger partial charge in [-0.2, -0.15) is 0 Å². The highest BCUT2D eigenvalue weighted by molar-refractivity contribution is 7.98. The number of carbonyl (C=O) groups is 1. The fraction of sp³-hybridized carbons (Fsp3) is 0.167. The second-order valence-electron chi connectivity index (χ2n) is 6.92. The molecule has 30 heavy (non-hydrogen) atoms. The van der Waals surface area contributed by atoms with Crippen LogP contribution in [0.25, 0.3) is 0 Å². The van der Waals surface area contributed by atoms with Crippen molar-refractivity contribution in [3.8, 4) is 5.75 Å². The topological polar surface area (TPSA) is 62.7 Å². The Morgan fingerprint density at radius 2 is 1.83 bits per heavy atom. The summed E-state index contributed by atoms with van der Waals surface area (Å²) < 4.78 is 9.06. The third kappa shape index (κ3) is 5.64. The standard InChI is InChI=1S/C24H23N3O2S/c28-24(19-11-13-21(14-12-19)29-17-18-6-2-1-3-7-18)26-20-8-4-9-22(16-20)30-27-23-10-5-15-25-23/h1-4,6-9,11-14,16H,5,10,15,17H2,(H,25,27)(H,26,28). The van der Waals surface area contributed by atoms with Crippen LogP contribution in [0.1, 0.15) is 28.8 Å². The summed E-state index contributed by atoms with van der Waals surface area (Å²) in [4.78, 5) is 18.0. The van der Waals surface area contributed by atoms with Gasteiger partial charge in [-0.1, -0.05) is 36.4 Å². The van der Waals surface area contributed by atoms with Gasteiger partial charge in [0.1, 0.15) is 18.2 Å². The average Bonchev–Trinajstić information content (AvgIpc) is 3.31. The summed E-state index contributed by atoms with van der Waals surface area (Å²) in [6.07, 6.45) is 2.10. The van der Waals surface area contributed by atoms with Crippen molar-refractivity contribution < 1.29 is 9.53 Å². The number of nitrogens with one attached hydrogen (secondary N) is 2. The Kier molecular flexibility index (Phi) is 6.67. The first kappa shape index (κ1) is 20.0. The molecule has 0 saturated carbocycles. The van der Waals surface area contributed by atoms with Gasteiger partial charge in [-0.05, 0) is 66.4 Å². The van der Waals surface area contributed by atoms with Crippen LogP contribution in [-0.2, 0) is 6.61 Å². The quantitative estimate of drug-likeness (QED) is 0.512. The van der Waals surface area contributed by atoms with E-state index in [9.17, 15) is 4.79 Å². The summed E-state index contributed by atoms with van der Waals surface area (Å²) in [5.41, 5.74) is 2.44. The van der Waals surface area contributed by atoms with Crippen molar-refractivity contribution in [2.24, 2.45) is 4.99 Å². The zero-order chi connectivity index (χ0) is 20.6. The van der Waals surface area contributed by atoms with E-state index in [1.165, 1.54) is 11.9 Å². The molecule has 6 heteroatoms. The summed E-state index contributed by atoms with van der Waals surface area (Å²) in [5.74, 6) is 1.61. The number of amides is 1. The third-order valence-electron chi connectivity index (χ3n) is 4.62. The van der Waals surface area contributed by atoms with Crippen molar-refractivity contribution in [3.63, 3.8) is 0 Å². The first-order chi connectivity index (χ1) is 14.8. The van der Waals surface area contributed by atoms with Crippen LogP contribution in [0.15, 0.2) is 88.8 Å². The molecule has 1 heterocycles. The normalized spacial score (nSPS) is 12.9. The molecule has 1 amide bonds. The molecule has 5 nitrogen and oxygen atoms in total. The van der Waals surface area contributed by atoms with Crippen LogP contribution in [0, 0.1) is 0 Å². The van der Waals surface area contributed by atoms with Gasteiger partial charge in [0.05, 0.1) is 0 Å². The van der Waals surface area contributed by atoms with Gasteiger partial charge in [0.15, 0.2) is 0 Å². The van der Waals surface area contributed by atoms with Crippen LogP contribution < -0.4 is 14.8 Å². The summed E-state index contributed by atoms with van der Waals surface area (Å²) in [6.45, 7) is 1.40. The number of anilines is 1. The Labute approximate surface area is 180 Å². The van der Waals surface area contributed by atoms with E-state index in [0.29, 0.717) is 12.2 Å². The SMILES string of the molecule is O=C(Nc1cccc(SNC2=NCCC2)c1)c1ccc(OCc2ccccc2)cc1. The van der Waals surface area contributed by atoms with Gasteiger partial charge < -0.3 is 14.8 Å².